The zero-order valence-corrected chi connectivity index (χ0v) is 12.2. The van der Waals surface area contributed by atoms with Crippen LogP contribution < -0.4 is 10.2 Å². The predicted octanol–water partition coefficient (Wildman–Crippen LogP) is 0.691. The average Bonchev–Trinajstić information content (AvgIpc) is 2.73. The summed E-state index contributed by atoms with van der Waals surface area (Å²) < 4.78 is 28.8. The molecule has 1 aliphatic heterocycles. The molecule has 0 radical (unpaired) electrons. The highest BCUT2D eigenvalue weighted by molar-refractivity contribution is 7.89. The van der Waals surface area contributed by atoms with Gasteiger partial charge in [-0.1, -0.05) is 16.5 Å². The van der Waals surface area contributed by atoms with Crippen LogP contribution in [0.15, 0.2) is 17.0 Å². The minimum atomic E-state index is -3.91. The van der Waals surface area contributed by atoms with E-state index in [0.29, 0.717) is 11.3 Å². The number of sulfonamides is 1. The van der Waals surface area contributed by atoms with Gasteiger partial charge in [0.2, 0.25) is 5.91 Å². The van der Waals surface area contributed by atoms with Crippen molar-refractivity contribution in [2.24, 2.45) is 0 Å². The number of methoxy groups -OCH3 is 1. The van der Waals surface area contributed by atoms with Crippen LogP contribution in [0.2, 0.25) is 5.02 Å². The lowest BCUT2D eigenvalue weighted by molar-refractivity contribution is -0.115. The molecule has 2 rings (SSSR count). The van der Waals surface area contributed by atoms with Gasteiger partial charge in [-0.15, -0.1) is 0 Å². The van der Waals surface area contributed by atoms with E-state index in [1.165, 1.54) is 19.2 Å². The van der Waals surface area contributed by atoms with Gasteiger partial charge in [-0.05, 0) is 17.7 Å². The van der Waals surface area contributed by atoms with Crippen molar-refractivity contribution in [3.63, 3.8) is 0 Å². The van der Waals surface area contributed by atoms with Gasteiger partial charge in [0, 0.05) is 12.8 Å². The molecule has 1 amide bonds. The van der Waals surface area contributed by atoms with Gasteiger partial charge < -0.3 is 10.1 Å². The van der Waals surface area contributed by atoms with Crippen LogP contribution in [0.5, 0.6) is 0 Å². The molecule has 0 saturated heterocycles. The average molecular weight is 321 g/mol. The second-order valence-electron chi connectivity index (χ2n) is 4.09. The maximum absolute atomic E-state index is 12.0. The Morgan fingerprint density at radius 1 is 1.40 bits per heavy atom. The van der Waals surface area contributed by atoms with Crippen LogP contribution in [0.3, 0.4) is 0 Å². The van der Waals surface area contributed by atoms with Crippen molar-refractivity contribution in [3.05, 3.63) is 22.7 Å². The molecule has 0 atom stereocenters. The maximum atomic E-state index is 12.0. The van der Waals surface area contributed by atoms with Crippen LogP contribution in [0, 0.1) is 0 Å². The fraction of sp³-hybridized carbons (Fsp3) is 0.364. The van der Waals surface area contributed by atoms with Gasteiger partial charge in [0.15, 0.2) is 0 Å². The Morgan fingerprint density at radius 3 is 2.85 bits per heavy atom. The molecule has 0 fully saturated rings. The molecule has 0 aliphatic carbocycles. The number of benzene rings is 1. The van der Waals surface area contributed by atoms with E-state index in [1.54, 1.807) is 0 Å². The van der Waals surface area contributed by atoms with Gasteiger partial charge in [0.25, 0.3) is 10.0 Å². The molecule has 0 spiro atoms. The number of carbonyl (C=O) groups is 1. The Hall–Kier alpha value is -1.19. The van der Waals surface area contributed by atoms with Crippen LogP contribution in [0.1, 0.15) is 5.56 Å². The third kappa shape index (κ3) is 3.28. The topological polar surface area (TPSA) is 93.7 Å². The van der Waals surface area contributed by atoms with Crippen LogP contribution in [0.25, 0.3) is 0 Å². The summed E-state index contributed by atoms with van der Waals surface area (Å²) in [6.07, 6.45) is 0.125. The molecule has 1 aliphatic rings. The van der Waals surface area contributed by atoms with Crippen molar-refractivity contribution >= 4 is 33.2 Å². The molecule has 0 saturated carbocycles. The molecule has 1 heterocycles. The number of anilines is 1. The Balaban J connectivity index is 2.20. The number of fused-ring (bicyclic) bond motifs is 1. The van der Waals surface area contributed by atoms with E-state index in [-0.39, 0.29) is 35.5 Å². The first-order chi connectivity index (χ1) is 9.44. The SMILES string of the molecule is COCCONS(=O)(=O)c1cc2c(cc1Cl)NC(=O)C2. The highest BCUT2D eigenvalue weighted by atomic mass is 35.5. The second kappa shape index (κ2) is 6.06. The highest BCUT2D eigenvalue weighted by Gasteiger charge is 2.25. The summed E-state index contributed by atoms with van der Waals surface area (Å²) in [6.45, 7) is 0.317. The largest absolute Gasteiger partial charge is 0.382 e. The number of hydrogen-bond donors (Lipinski definition) is 2. The molecule has 20 heavy (non-hydrogen) atoms. The fourth-order valence-electron chi connectivity index (χ4n) is 1.72. The number of carbonyl (C=O) groups excluding carboxylic acids is 1. The lowest BCUT2D eigenvalue weighted by Crippen LogP contribution is -2.26. The summed E-state index contributed by atoms with van der Waals surface area (Å²) in [5.74, 6) is -0.199. The van der Waals surface area contributed by atoms with Crippen LogP contribution in [-0.2, 0) is 30.8 Å². The molecule has 110 valence electrons. The van der Waals surface area contributed by atoms with E-state index in [4.69, 9.17) is 21.2 Å². The fourth-order valence-corrected chi connectivity index (χ4v) is 3.13. The van der Waals surface area contributed by atoms with E-state index in [9.17, 15) is 13.2 Å². The van der Waals surface area contributed by atoms with Crippen LogP contribution in [-0.4, -0.2) is 34.6 Å². The van der Waals surface area contributed by atoms with Gasteiger partial charge in [-0.25, -0.2) is 8.42 Å². The number of hydrogen-bond acceptors (Lipinski definition) is 5. The summed E-state index contributed by atoms with van der Waals surface area (Å²) >= 11 is 5.93. The van der Waals surface area contributed by atoms with Crippen molar-refractivity contribution in [1.29, 1.82) is 0 Å². The molecule has 7 nitrogen and oxygen atoms in total. The zero-order valence-electron chi connectivity index (χ0n) is 10.6. The van der Waals surface area contributed by atoms with Gasteiger partial charge in [0.1, 0.15) is 4.90 Å². The number of nitrogens with one attached hydrogen (secondary N) is 2. The Bertz CT molecular complexity index is 632. The Kier molecular flexibility index (Phi) is 4.61. The quantitative estimate of drug-likeness (QED) is 0.594. The van der Waals surface area contributed by atoms with Gasteiger partial charge in [-0.3, -0.25) is 9.63 Å². The minimum absolute atomic E-state index is 0.00814. The van der Waals surface area contributed by atoms with Crippen molar-refractivity contribution < 1.29 is 22.8 Å². The first-order valence-corrected chi connectivity index (χ1v) is 7.55. The molecule has 0 aromatic heterocycles. The Morgan fingerprint density at radius 2 is 2.15 bits per heavy atom. The molecular weight excluding hydrogens is 308 g/mol. The van der Waals surface area contributed by atoms with Crippen molar-refractivity contribution in [2.75, 3.05) is 25.6 Å². The summed E-state index contributed by atoms with van der Waals surface area (Å²) in [7, 11) is -2.44. The van der Waals surface area contributed by atoms with Gasteiger partial charge in [-0.2, -0.15) is 0 Å². The number of rotatable bonds is 6. The summed E-state index contributed by atoms with van der Waals surface area (Å²) in [5, 5.41) is 2.60. The van der Waals surface area contributed by atoms with E-state index in [0.717, 1.165) is 0 Å². The standard InChI is InChI=1S/C11H13ClN2O5S/c1-18-2-3-19-14-20(16,17)10-4-7-5-11(15)13-9(7)6-8(10)12/h4,6,14H,2-3,5H2,1H3,(H,13,15). The van der Waals surface area contributed by atoms with E-state index in [1.807, 2.05) is 4.89 Å². The monoisotopic (exact) mass is 320 g/mol. The highest BCUT2D eigenvalue weighted by Crippen LogP contribution is 2.32. The van der Waals surface area contributed by atoms with E-state index < -0.39 is 10.0 Å². The normalized spacial score (nSPS) is 14.2. The molecule has 0 unspecified atom stereocenters. The van der Waals surface area contributed by atoms with E-state index >= 15 is 0 Å². The first-order valence-electron chi connectivity index (χ1n) is 5.69. The molecule has 0 bridgehead atoms. The molecule has 1 aromatic carbocycles. The predicted molar refractivity (Wildman–Crippen MR) is 71.9 cm³/mol. The van der Waals surface area contributed by atoms with E-state index in [2.05, 4.69) is 5.32 Å². The lowest BCUT2D eigenvalue weighted by Gasteiger charge is -2.10. The number of halogens is 1. The third-order valence-corrected chi connectivity index (χ3v) is 4.31. The first kappa shape index (κ1) is 15.2. The second-order valence-corrected chi connectivity index (χ2v) is 6.11. The Labute approximate surface area is 121 Å². The lowest BCUT2D eigenvalue weighted by atomic mass is 10.2. The third-order valence-electron chi connectivity index (χ3n) is 2.63. The summed E-state index contributed by atoms with van der Waals surface area (Å²) in [6, 6.07) is 2.77. The molecular formula is C11H13ClN2O5S. The summed E-state index contributed by atoms with van der Waals surface area (Å²) in [4.78, 5) is 17.9. The van der Waals surface area contributed by atoms with Crippen LogP contribution in [0.4, 0.5) is 5.69 Å². The number of amides is 1. The molecule has 2 N–H and O–H groups in total. The zero-order chi connectivity index (χ0) is 14.8. The maximum Gasteiger partial charge on any atom is 0.263 e. The minimum Gasteiger partial charge on any atom is -0.382 e. The number of ether oxygens (including phenoxy) is 1. The van der Waals surface area contributed by atoms with Crippen molar-refractivity contribution in [1.82, 2.24) is 4.89 Å². The van der Waals surface area contributed by atoms with Gasteiger partial charge >= 0.3 is 0 Å². The molecule has 1 aromatic rings. The van der Waals surface area contributed by atoms with Crippen molar-refractivity contribution in [3.8, 4) is 0 Å². The van der Waals surface area contributed by atoms with Crippen molar-refractivity contribution in [2.45, 2.75) is 11.3 Å². The smallest absolute Gasteiger partial charge is 0.263 e. The van der Waals surface area contributed by atoms with Gasteiger partial charge in [0.05, 0.1) is 24.7 Å². The molecule has 9 heteroatoms. The summed E-state index contributed by atoms with van der Waals surface area (Å²) in [5.41, 5.74) is 1.11. The van der Waals surface area contributed by atoms with Crippen LogP contribution >= 0.6 is 11.6 Å².